The summed E-state index contributed by atoms with van der Waals surface area (Å²) in [5.41, 5.74) is -0.0129. The monoisotopic (exact) mass is 266 g/mol. The zero-order valence-electron chi connectivity index (χ0n) is 12.6. The number of nitrogens with one attached hydrogen (secondary N) is 1. The third-order valence-electron chi connectivity index (χ3n) is 5.55. The van der Waals surface area contributed by atoms with Crippen LogP contribution in [0.2, 0.25) is 0 Å². The van der Waals surface area contributed by atoms with Crippen LogP contribution in [-0.4, -0.2) is 46.8 Å². The standard InChI is InChI=1S/C16H30N2O/c1-12-4-3-5-13(2)18(12)10-16(11-19,14-6-7-14)17-15-8-9-15/h12-15,17,19H,3-11H2,1-2H3/t12-,13+,16?. The fourth-order valence-electron chi connectivity index (χ4n) is 3.90. The molecule has 2 N–H and O–H groups in total. The van der Waals surface area contributed by atoms with Gasteiger partial charge >= 0.3 is 0 Å². The van der Waals surface area contributed by atoms with E-state index in [-0.39, 0.29) is 5.54 Å². The fraction of sp³-hybridized carbons (Fsp3) is 1.00. The van der Waals surface area contributed by atoms with E-state index in [1.54, 1.807) is 0 Å². The fourth-order valence-corrected chi connectivity index (χ4v) is 3.90. The van der Waals surface area contributed by atoms with Gasteiger partial charge in [-0.1, -0.05) is 6.42 Å². The van der Waals surface area contributed by atoms with Crippen LogP contribution in [0.1, 0.15) is 58.8 Å². The summed E-state index contributed by atoms with van der Waals surface area (Å²) in [6.45, 7) is 6.08. The minimum absolute atomic E-state index is 0.0129. The second-order valence-corrected chi connectivity index (χ2v) is 7.31. The summed E-state index contributed by atoms with van der Waals surface area (Å²) >= 11 is 0. The first-order valence-corrected chi connectivity index (χ1v) is 8.29. The third kappa shape index (κ3) is 2.98. The average Bonchev–Trinajstić information content (AvgIpc) is 3.26. The lowest BCUT2D eigenvalue weighted by atomic mass is 9.89. The smallest absolute Gasteiger partial charge is 0.0628 e. The van der Waals surface area contributed by atoms with E-state index in [0.717, 1.165) is 6.54 Å². The Morgan fingerprint density at radius 2 is 1.68 bits per heavy atom. The molecule has 0 aromatic carbocycles. The molecule has 0 spiro atoms. The van der Waals surface area contributed by atoms with Gasteiger partial charge in [0, 0.05) is 24.7 Å². The molecule has 3 aliphatic rings. The summed E-state index contributed by atoms with van der Waals surface area (Å²) in [5, 5.41) is 13.9. The van der Waals surface area contributed by atoms with E-state index in [4.69, 9.17) is 0 Å². The second-order valence-electron chi connectivity index (χ2n) is 7.31. The summed E-state index contributed by atoms with van der Waals surface area (Å²) < 4.78 is 0. The van der Waals surface area contributed by atoms with Crippen molar-refractivity contribution >= 4 is 0 Å². The number of hydrogen-bond acceptors (Lipinski definition) is 3. The zero-order valence-corrected chi connectivity index (χ0v) is 12.6. The Morgan fingerprint density at radius 3 is 2.16 bits per heavy atom. The highest BCUT2D eigenvalue weighted by molar-refractivity contribution is 5.07. The van der Waals surface area contributed by atoms with Crippen LogP contribution < -0.4 is 5.32 Å². The van der Waals surface area contributed by atoms with Crippen LogP contribution in [0.3, 0.4) is 0 Å². The summed E-state index contributed by atoms with van der Waals surface area (Å²) in [7, 11) is 0. The van der Waals surface area contributed by atoms with Crippen LogP contribution in [0.25, 0.3) is 0 Å². The van der Waals surface area contributed by atoms with Gasteiger partial charge in [0.05, 0.1) is 12.1 Å². The molecular formula is C16H30N2O. The molecule has 2 saturated carbocycles. The van der Waals surface area contributed by atoms with Gasteiger partial charge in [-0.15, -0.1) is 0 Å². The maximum absolute atomic E-state index is 10.1. The minimum Gasteiger partial charge on any atom is -0.394 e. The first-order chi connectivity index (χ1) is 9.14. The molecule has 3 rings (SSSR count). The Bertz CT molecular complexity index is 304. The number of rotatable bonds is 6. The SMILES string of the molecule is C[C@@H]1CCC[C@H](C)N1CC(CO)(NC1CC1)C1CC1. The van der Waals surface area contributed by atoms with Crippen LogP contribution >= 0.6 is 0 Å². The van der Waals surface area contributed by atoms with Crippen LogP contribution in [-0.2, 0) is 0 Å². The molecule has 1 aliphatic heterocycles. The van der Waals surface area contributed by atoms with Gasteiger partial charge < -0.3 is 10.4 Å². The van der Waals surface area contributed by atoms with Crippen molar-refractivity contribution in [2.45, 2.75) is 82.5 Å². The molecule has 3 fully saturated rings. The average molecular weight is 266 g/mol. The van der Waals surface area contributed by atoms with Crippen molar-refractivity contribution in [1.82, 2.24) is 10.2 Å². The highest BCUT2D eigenvalue weighted by Gasteiger charge is 2.49. The Kier molecular flexibility index (Phi) is 3.89. The molecule has 3 atom stereocenters. The van der Waals surface area contributed by atoms with E-state index >= 15 is 0 Å². The molecule has 2 aliphatic carbocycles. The van der Waals surface area contributed by atoms with Crippen molar-refractivity contribution in [2.75, 3.05) is 13.2 Å². The summed E-state index contributed by atoms with van der Waals surface area (Å²) in [6.07, 6.45) is 9.22. The summed E-state index contributed by atoms with van der Waals surface area (Å²) in [4.78, 5) is 2.66. The van der Waals surface area contributed by atoms with Crippen molar-refractivity contribution in [3.63, 3.8) is 0 Å². The molecule has 1 unspecified atom stereocenters. The molecule has 0 aromatic rings. The lowest BCUT2D eigenvalue weighted by Gasteiger charge is -2.46. The van der Waals surface area contributed by atoms with Crippen molar-refractivity contribution in [2.24, 2.45) is 5.92 Å². The quantitative estimate of drug-likeness (QED) is 0.773. The topological polar surface area (TPSA) is 35.5 Å². The van der Waals surface area contributed by atoms with Crippen molar-refractivity contribution in [1.29, 1.82) is 0 Å². The van der Waals surface area contributed by atoms with Gasteiger partial charge in [-0.25, -0.2) is 0 Å². The molecule has 3 heteroatoms. The maximum Gasteiger partial charge on any atom is 0.0628 e. The van der Waals surface area contributed by atoms with Crippen LogP contribution in [0.15, 0.2) is 0 Å². The van der Waals surface area contributed by atoms with E-state index in [1.807, 2.05) is 0 Å². The number of aliphatic hydroxyl groups excluding tert-OH is 1. The summed E-state index contributed by atoms with van der Waals surface area (Å²) in [6, 6.07) is 2.03. The molecule has 1 heterocycles. The predicted molar refractivity (Wildman–Crippen MR) is 78.2 cm³/mol. The molecule has 0 amide bonds. The number of aliphatic hydroxyl groups is 1. The number of likely N-dealkylation sites (tertiary alicyclic amines) is 1. The Labute approximate surface area is 117 Å². The molecule has 110 valence electrons. The maximum atomic E-state index is 10.1. The van der Waals surface area contributed by atoms with E-state index in [9.17, 15) is 5.11 Å². The van der Waals surface area contributed by atoms with Gasteiger partial charge in [0.1, 0.15) is 0 Å². The van der Waals surface area contributed by atoms with Crippen molar-refractivity contribution < 1.29 is 5.11 Å². The first-order valence-electron chi connectivity index (χ1n) is 8.29. The molecule has 0 bridgehead atoms. The van der Waals surface area contributed by atoms with E-state index in [2.05, 4.69) is 24.1 Å². The van der Waals surface area contributed by atoms with E-state index in [0.29, 0.717) is 30.7 Å². The van der Waals surface area contributed by atoms with Crippen molar-refractivity contribution in [3.8, 4) is 0 Å². The molecule has 1 saturated heterocycles. The van der Waals surface area contributed by atoms with Gasteiger partial charge in [-0.3, -0.25) is 4.90 Å². The molecule has 19 heavy (non-hydrogen) atoms. The molecule has 0 aromatic heterocycles. The molecule has 0 radical (unpaired) electrons. The third-order valence-corrected chi connectivity index (χ3v) is 5.55. The largest absolute Gasteiger partial charge is 0.394 e. The Morgan fingerprint density at radius 1 is 1.05 bits per heavy atom. The highest BCUT2D eigenvalue weighted by atomic mass is 16.3. The first kappa shape index (κ1) is 13.8. The Hall–Kier alpha value is -0.120. The predicted octanol–water partition coefficient (Wildman–Crippen LogP) is 2.14. The Balaban J connectivity index is 1.71. The van der Waals surface area contributed by atoms with Crippen LogP contribution in [0.4, 0.5) is 0 Å². The van der Waals surface area contributed by atoms with Gasteiger partial charge in [-0.2, -0.15) is 0 Å². The van der Waals surface area contributed by atoms with E-state index < -0.39 is 0 Å². The van der Waals surface area contributed by atoms with Crippen LogP contribution in [0.5, 0.6) is 0 Å². The number of nitrogens with zero attached hydrogens (tertiary/aromatic N) is 1. The number of hydrogen-bond donors (Lipinski definition) is 2. The number of piperidine rings is 1. The van der Waals surface area contributed by atoms with Crippen LogP contribution in [0, 0.1) is 5.92 Å². The molecular weight excluding hydrogens is 236 g/mol. The summed E-state index contributed by atoms with van der Waals surface area (Å²) in [5.74, 6) is 0.708. The van der Waals surface area contributed by atoms with Gasteiger partial charge in [0.15, 0.2) is 0 Å². The lowest BCUT2D eigenvalue weighted by Crippen LogP contribution is -2.62. The lowest BCUT2D eigenvalue weighted by molar-refractivity contribution is 0.0302. The van der Waals surface area contributed by atoms with Gasteiger partial charge in [0.2, 0.25) is 0 Å². The minimum atomic E-state index is -0.0129. The normalized spacial score (nSPS) is 36.2. The van der Waals surface area contributed by atoms with Gasteiger partial charge in [0.25, 0.3) is 0 Å². The van der Waals surface area contributed by atoms with Crippen molar-refractivity contribution in [3.05, 3.63) is 0 Å². The highest BCUT2D eigenvalue weighted by Crippen LogP contribution is 2.43. The molecule has 3 nitrogen and oxygen atoms in total. The van der Waals surface area contributed by atoms with Gasteiger partial charge in [-0.05, 0) is 58.3 Å². The van der Waals surface area contributed by atoms with E-state index in [1.165, 1.54) is 44.9 Å². The second kappa shape index (κ2) is 5.34. The zero-order chi connectivity index (χ0) is 13.5.